The van der Waals surface area contributed by atoms with Crippen molar-refractivity contribution in [3.63, 3.8) is 0 Å². The Hall–Kier alpha value is 0.0969. The van der Waals surface area contributed by atoms with E-state index >= 15 is 0 Å². The van der Waals surface area contributed by atoms with Crippen LogP contribution in [0.2, 0.25) is 19.1 Å². The fourth-order valence-electron chi connectivity index (χ4n) is 2.36. The molecule has 1 fully saturated rings. The van der Waals surface area contributed by atoms with E-state index in [1.165, 1.54) is 58.0 Å². The molecule has 0 saturated carbocycles. The first-order valence-corrected chi connectivity index (χ1v) is 10.7. The van der Waals surface area contributed by atoms with E-state index in [4.69, 9.17) is 4.43 Å². The number of rotatable bonds is 8. The quantitative estimate of drug-likeness (QED) is 0.499. The van der Waals surface area contributed by atoms with E-state index in [2.05, 4.69) is 36.9 Å². The van der Waals surface area contributed by atoms with Crippen molar-refractivity contribution in [2.24, 2.45) is 0 Å². The molecule has 108 valence electrons. The summed E-state index contributed by atoms with van der Waals surface area (Å²) >= 11 is 0. The Morgan fingerprint density at radius 1 is 1.06 bits per heavy atom. The van der Waals surface area contributed by atoms with Gasteiger partial charge in [-0.15, -0.1) is 0 Å². The van der Waals surface area contributed by atoms with Crippen molar-refractivity contribution in [3.8, 4) is 0 Å². The van der Waals surface area contributed by atoms with Gasteiger partial charge in [0.25, 0.3) is 0 Å². The summed E-state index contributed by atoms with van der Waals surface area (Å²) in [5.41, 5.74) is 0. The van der Waals surface area contributed by atoms with E-state index in [9.17, 15) is 0 Å². The molecule has 0 bridgehead atoms. The first kappa shape index (κ1) is 16.2. The Morgan fingerprint density at radius 3 is 2.33 bits per heavy atom. The maximum Gasteiger partial charge on any atom is 0.186 e. The molecular formula is C14H32N2OSi. The molecule has 1 saturated heterocycles. The molecular weight excluding hydrogens is 240 g/mol. The summed E-state index contributed by atoms with van der Waals surface area (Å²) in [6.07, 6.45) is 3.77. The summed E-state index contributed by atoms with van der Waals surface area (Å²) in [6, 6.07) is 1.31. The summed E-state index contributed by atoms with van der Waals surface area (Å²) < 4.78 is 6.09. The molecule has 4 heteroatoms. The van der Waals surface area contributed by atoms with Gasteiger partial charge in [-0.2, -0.15) is 0 Å². The molecule has 0 amide bonds. The van der Waals surface area contributed by atoms with Gasteiger partial charge >= 0.3 is 0 Å². The third kappa shape index (κ3) is 6.88. The van der Waals surface area contributed by atoms with Crippen LogP contribution >= 0.6 is 0 Å². The molecule has 0 aromatic rings. The highest BCUT2D eigenvalue weighted by atomic mass is 28.4. The second kappa shape index (κ2) is 8.30. The molecule has 0 aliphatic carbocycles. The lowest BCUT2D eigenvalue weighted by Gasteiger charge is -2.33. The van der Waals surface area contributed by atoms with Gasteiger partial charge in [0.15, 0.2) is 8.32 Å². The van der Waals surface area contributed by atoms with Crippen LogP contribution in [0.1, 0.15) is 26.2 Å². The van der Waals surface area contributed by atoms with Gasteiger partial charge in [-0.25, -0.2) is 0 Å². The fraction of sp³-hybridized carbons (Fsp3) is 1.00. The smallest absolute Gasteiger partial charge is 0.186 e. The van der Waals surface area contributed by atoms with E-state index in [1.807, 2.05) is 0 Å². The summed E-state index contributed by atoms with van der Waals surface area (Å²) in [5.74, 6) is 0. The van der Waals surface area contributed by atoms with Gasteiger partial charge in [0.05, 0.1) is 0 Å². The van der Waals surface area contributed by atoms with Gasteiger partial charge < -0.3 is 14.2 Å². The van der Waals surface area contributed by atoms with Crippen molar-refractivity contribution in [1.29, 1.82) is 0 Å². The SMILES string of the molecule is CCCCO[Si](C)(C)CCCN1CCN(C)CC1. The van der Waals surface area contributed by atoms with Crippen LogP contribution in [-0.2, 0) is 4.43 Å². The molecule has 0 aromatic heterocycles. The summed E-state index contributed by atoms with van der Waals surface area (Å²) in [6.45, 7) is 14.2. The summed E-state index contributed by atoms with van der Waals surface area (Å²) in [4.78, 5) is 5.03. The van der Waals surface area contributed by atoms with Gasteiger partial charge in [0.2, 0.25) is 0 Å². The first-order chi connectivity index (χ1) is 8.53. The van der Waals surface area contributed by atoms with E-state index in [-0.39, 0.29) is 0 Å². The standard InChI is InChI=1S/C14H32N2OSi/c1-5-6-13-17-18(3,4)14-7-8-16-11-9-15(2)10-12-16/h5-14H2,1-4H3. The van der Waals surface area contributed by atoms with Crippen LogP contribution in [0.15, 0.2) is 0 Å². The summed E-state index contributed by atoms with van der Waals surface area (Å²) in [7, 11) is 0.842. The maximum atomic E-state index is 6.09. The predicted molar refractivity (Wildman–Crippen MR) is 81.7 cm³/mol. The van der Waals surface area contributed by atoms with Gasteiger partial charge in [0, 0.05) is 32.8 Å². The number of likely N-dealkylation sites (N-methyl/N-ethyl adjacent to an activating group) is 1. The number of nitrogens with zero attached hydrogens (tertiary/aromatic N) is 2. The van der Waals surface area contributed by atoms with Gasteiger partial charge in [-0.1, -0.05) is 13.3 Å². The molecule has 0 atom stereocenters. The minimum absolute atomic E-state index is 0.976. The normalized spacial score (nSPS) is 19.3. The van der Waals surface area contributed by atoms with Crippen molar-refractivity contribution in [2.45, 2.75) is 45.3 Å². The van der Waals surface area contributed by atoms with Crippen LogP contribution < -0.4 is 0 Å². The number of hydrogen-bond donors (Lipinski definition) is 0. The molecule has 0 unspecified atom stereocenters. The minimum Gasteiger partial charge on any atom is -0.417 e. The second-order valence-electron chi connectivity index (χ2n) is 6.21. The average molecular weight is 273 g/mol. The van der Waals surface area contributed by atoms with Crippen LogP contribution in [0.3, 0.4) is 0 Å². The largest absolute Gasteiger partial charge is 0.417 e. The predicted octanol–water partition coefficient (Wildman–Crippen LogP) is 2.65. The van der Waals surface area contributed by atoms with Crippen LogP contribution in [0.25, 0.3) is 0 Å². The van der Waals surface area contributed by atoms with Gasteiger partial charge in [0.1, 0.15) is 0 Å². The molecule has 0 spiro atoms. The third-order valence-corrected chi connectivity index (χ3v) is 6.38. The molecule has 1 aliphatic heterocycles. The third-order valence-electron chi connectivity index (χ3n) is 3.84. The maximum absolute atomic E-state index is 6.09. The monoisotopic (exact) mass is 272 g/mol. The van der Waals surface area contributed by atoms with E-state index < -0.39 is 8.32 Å². The zero-order chi connectivity index (χ0) is 13.4. The lowest BCUT2D eigenvalue weighted by Crippen LogP contribution is -2.45. The number of hydrogen-bond acceptors (Lipinski definition) is 3. The van der Waals surface area contributed by atoms with Crippen molar-refractivity contribution < 1.29 is 4.43 Å². The Labute approximate surface area is 115 Å². The second-order valence-corrected chi connectivity index (χ2v) is 10.5. The van der Waals surface area contributed by atoms with Crippen LogP contribution in [0, 0.1) is 0 Å². The van der Waals surface area contributed by atoms with Crippen molar-refractivity contribution >= 4 is 8.32 Å². The minimum atomic E-state index is -1.38. The van der Waals surface area contributed by atoms with Crippen LogP contribution in [0.5, 0.6) is 0 Å². The van der Waals surface area contributed by atoms with Crippen LogP contribution in [-0.4, -0.2) is 64.5 Å². The van der Waals surface area contributed by atoms with Crippen molar-refractivity contribution in [2.75, 3.05) is 46.4 Å². The molecule has 1 heterocycles. The molecule has 0 N–H and O–H groups in total. The van der Waals surface area contributed by atoms with Crippen molar-refractivity contribution in [3.05, 3.63) is 0 Å². The highest BCUT2D eigenvalue weighted by molar-refractivity contribution is 6.71. The van der Waals surface area contributed by atoms with Gasteiger partial charge in [-0.3, -0.25) is 0 Å². The molecule has 1 rings (SSSR count). The van der Waals surface area contributed by atoms with E-state index in [0.717, 1.165) is 6.61 Å². The molecule has 0 aromatic carbocycles. The van der Waals surface area contributed by atoms with Gasteiger partial charge in [-0.05, 0) is 45.6 Å². The number of unbranched alkanes of at least 4 members (excludes halogenated alkanes) is 1. The Morgan fingerprint density at radius 2 is 1.72 bits per heavy atom. The highest BCUT2D eigenvalue weighted by Crippen LogP contribution is 2.15. The number of piperazine rings is 1. The Kier molecular flexibility index (Phi) is 7.45. The highest BCUT2D eigenvalue weighted by Gasteiger charge is 2.22. The average Bonchev–Trinajstić information content (AvgIpc) is 2.32. The summed E-state index contributed by atoms with van der Waals surface area (Å²) in [5, 5.41) is 0. The zero-order valence-electron chi connectivity index (χ0n) is 12.9. The fourth-order valence-corrected chi connectivity index (χ4v) is 4.22. The molecule has 18 heavy (non-hydrogen) atoms. The Balaban J connectivity index is 2.08. The lowest BCUT2D eigenvalue weighted by molar-refractivity contribution is 0.153. The molecule has 3 nitrogen and oxygen atoms in total. The van der Waals surface area contributed by atoms with Crippen LogP contribution in [0.4, 0.5) is 0 Å². The van der Waals surface area contributed by atoms with Crippen molar-refractivity contribution in [1.82, 2.24) is 9.80 Å². The zero-order valence-corrected chi connectivity index (χ0v) is 13.9. The van der Waals surface area contributed by atoms with E-state index in [0.29, 0.717) is 0 Å². The topological polar surface area (TPSA) is 15.7 Å². The Bertz CT molecular complexity index is 216. The lowest BCUT2D eigenvalue weighted by atomic mass is 10.3. The molecule has 1 aliphatic rings. The first-order valence-electron chi connectivity index (χ1n) is 7.58. The molecule has 0 radical (unpaired) electrons. The van der Waals surface area contributed by atoms with E-state index in [1.54, 1.807) is 0 Å².